The molecule has 0 aliphatic carbocycles. The first-order valence-electron chi connectivity index (χ1n) is 6.41. The Morgan fingerprint density at radius 1 is 1.45 bits per heavy atom. The van der Waals surface area contributed by atoms with E-state index in [4.69, 9.17) is 4.74 Å². The van der Waals surface area contributed by atoms with E-state index in [1.165, 1.54) is 31.5 Å². The van der Waals surface area contributed by atoms with Gasteiger partial charge in [-0.05, 0) is 31.5 Å². The minimum Gasteiger partial charge on any atom is -0.483 e. The van der Waals surface area contributed by atoms with Gasteiger partial charge in [0.1, 0.15) is 12.9 Å². The molecule has 0 aliphatic heterocycles. The molecule has 0 fully saturated rings. The van der Waals surface area contributed by atoms with E-state index >= 15 is 0 Å². The lowest BCUT2D eigenvalue weighted by molar-refractivity contribution is 0.101. The second-order valence-corrected chi connectivity index (χ2v) is 4.39. The molecule has 20 heavy (non-hydrogen) atoms. The molecular weight excluding hydrogens is 261 g/mol. The summed E-state index contributed by atoms with van der Waals surface area (Å²) >= 11 is 0. The number of carbonyl (C=O) groups is 1. The van der Waals surface area contributed by atoms with Gasteiger partial charge in [0, 0.05) is 12.1 Å². The van der Waals surface area contributed by atoms with Crippen molar-refractivity contribution < 1.29 is 13.9 Å². The Kier molecular flexibility index (Phi) is 4.45. The van der Waals surface area contributed by atoms with E-state index in [1.807, 2.05) is 6.92 Å². The molecule has 5 nitrogen and oxygen atoms in total. The second kappa shape index (κ2) is 6.27. The first-order valence-corrected chi connectivity index (χ1v) is 6.41. The number of nitrogens with zero attached hydrogens (tertiary/aromatic N) is 3. The van der Waals surface area contributed by atoms with Crippen LogP contribution in [0.1, 0.15) is 36.5 Å². The van der Waals surface area contributed by atoms with Crippen LogP contribution in [0.15, 0.2) is 24.5 Å². The van der Waals surface area contributed by atoms with Crippen LogP contribution in [0.3, 0.4) is 0 Å². The van der Waals surface area contributed by atoms with Gasteiger partial charge < -0.3 is 4.74 Å². The zero-order valence-electron chi connectivity index (χ0n) is 11.5. The fourth-order valence-corrected chi connectivity index (χ4v) is 1.78. The number of Topliss-reactive ketones (excluding diaryl/α,β-unsaturated/α-hetero) is 1. The molecule has 0 unspecified atom stereocenters. The van der Waals surface area contributed by atoms with Crippen LogP contribution in [0, 0.1) is 5.82 Å². The molecule has 1 heterocycles. The zero-order valence-corrected chi connectivity index (χ0v) is 11.5. The molecule has 0 aliphatic rings. The molecule has 106 valence electrons. The van der Waals surface area contributed by atoms with E-state index in [9.17, 15) is 9.18 Å². The number of hydrogen-bond donors (Lipinski definition) is 0. The van der Waals surface area contributed by atoms with Gasteiger partial charge in [-0.25, -0.2) is 14.1 Å². The third-order valence-electron chi connectivity index (χ3n) is 2.83. The van der Waals surface area contributed by atoms with Crippen molar-refractivity contribution in [1.29, 1.82) is 0 Å². The molecule has 1 aromatic heterocycles. The maximum Gasteiger partial charge on any atom is 0.165 e. The molecule has 2 aromatic rings. The SMILES string of the molecule is CCCn1ncnc1COc1ccc(C(C)=O)cc1F. The van der Waals surface area contributed by atoms with E-state index in [2.05, 4.69) is 10.1 Å². The predicted molar refractivity (Wildman–Crippen MR) is 71.0 cm³/mol. The lowest BCUT2D eigenvalue weighted by atomic mass is 10.1. The third kappa shape index (κ3) is 3.20. The average Bonchev–Trinajstić information content (AvgIpc) is 2.85. The number of carbonyl (C=O) groups excluding carboxylic acids is 1. The van der Waals surface area contributed by atoms with Crippen molar-refractivity contribution in [3.8, 4) is 5.75 Å². The average molecular weight is 277 g/mol. The molecule has 0 saturated carbocycles. The highest BCUT2D eigenvalue weighted by Crippen LogP contribution is 2.19. The predicted octanol–water partition coefficient (Wildman–Crippen LogP) is 2.61. The molecule has 0 amide bonds. The minimum absolute atomic E-state index is 0.0982. The first kappa shape index (κ1) is 14.2. The van der Waals surface area contributed by atoms with E-state index in [1.54, 1.807) is 4.68 Å². The number of ether oxygens (including phenoxy) is 1. The number of hydrogen-bond acceptors (Lipinski definition) is 4. The molecular formula is C14H16FN3O2. The van der Waals surface area contributed by atoms with Gasteiger partial charge in [0.15, 0.2) is 23.2 Å². The summed E-state index contributed by atoms with van der Waals surface area (Å²) in [5.41, 5.74) is 0.323. The lowest BCUT2D eigenvalue weighted by Crippen LogP contribution is -2.09. The quantitative estimate of drug-likeness (QED) is 0.762. The monoisotopic (exact) mass is 277 g/mol. The van der Waals surface area contributed by atoms with Crippen LogP contribution in [0.25, 0.3) is 0 Å². The van der Waals surface area contributed by atoms with Crippen molar-refractivity contribution in [2.24, 2.45) is 0 Å². The molecule has 0 spiro atoms. The Hall–Kier alpha value is -2.24. The van der Waals surface area contributed by atoms with Crippen molar-refractivity contribution in [3.05, 3.63) is 41.7 Å². The van der Waals surface area contributed by atoms with Crippen molar-refractivity contribution >= 4 is 5.78 Å². The van der Waals surface area contributed by atoms with Crippen molar-refractivity contribution in [1.82, 2.24) is 14.8 Å². The van der Waals surface area contributed by atoms with Crippen LogP contribution in [0.5, 0.6) is 5.75 Å². The van der Waals surface area contributed by atoms with Crippen LogP contribution in [0.2, 0.25) is 0 Å². The van der Waals surface area contributed by atoms with E-state index in [0.29, 0.717) is 11.4 Å². The molecule has 0 saturated heterocycles. The van der Waals surface area contributed by atoms with Gasteiger partial charge in [-0.15, -0.1) is 0 Å². The number of aromatic nitrogens is 3. The van der Waals surface area contributed by atoms with Crippen molar-refractivity contribution in [3.63, 3.8) is 0 Å². The van der Waals surface area contributed by atoms with Crippen molar-refractivity contribution in [2.75, 3.05) is 0 Å². The highest BCUT2D eigenvalue weighted by molar-refractivity contribution is 5.94. The standard InChI is InChI=1S/C14H16FN3O2/c1-3-6-18-14(16-9-17-18)8-20-13-5-4-11(10(2)19)7-12(13)15/h4-5,7,9H,3,6,8H2,1-2H3. The van der Waals surface area contributed by atoms with Crippen molar-refractivity contribution in [2.45, 2.75) is 33.4 Å². The maximum atomic E-state index is 13.8. The summed E-state index contributed by atoms with van der Waals surface area (Å²) in [6.45, 7) is 4.30. The molecule has 0 radical (unpaired) electrons. The van der Waals surface area contributed by atoms with Gasteiger partial charge >= 0.3 is 0 Å². The molecule has 0 N–H and O–H groups in total. The fraction of sp³-hybridized carbons (Fsp3) is 0.357. The topological polar surface area (TPSA) is 57.0 Å². The Labute approximate surface area is 116 Å². The van der Waals surface area contributed by atoms with Crippen LogP contribution in [-0.4, -0.2) is 20.5 Å². The zero-order chi connectivity index (χ0) is 14.5. The Morgan fingerprint density at radius 3 is 2.90 bits per heavy atom. The van der Waals surface area contributed by atoms with Gasteiger partial charge in [0.2, 0.25) is 0 Å². The van der Waals surface area contributed by atoms with Crippen LogP contribution >= 0.6 is 0 Å². The molecule has 0 atom stereocenters. The minimum atomic E-state index is -0.556. The Bertz CT molecular complexity index is 610. The Morgan fingerprint density at radius 2 is 2.25 bits per heavy atom. The summed E-state index contributed by atoms with van der Waals surface area (Å²) in [5.74, 6) is 0.000314. The molecule has 6 heteroatoms. The largest absolute Gasteiger partial charge is 0.483 e. The van der Waals surface area contributed by atoms with Gasteiger partial charge in [0.25, 0.3) is 0 Å². The number of benzene rings is 1. The van der Waals surface area contributed by atoms with Gasteiger partial charge in [-0.3, -0.25) is 4.79 Å². The fourth-order valence-electron chi connectivity index (χ4n) is 1.78. The molecule has 1 aromatic carbocycles. The van der Waals surface area contributed by atoms with Gasteiger partial charge in [-0.1, -0.05) is 6.92 Å². The Balaban J connectivity index is 2.07. The van der Waals surface area contributed by atoms with E-state index < -0.39 is 5.82 Å². The highest BCUT2D eigenvalue weighted by atomic mass is 19.1. The normalized spacial score (nSPS) is 10.6. The highest BCUT2D eigenvalue weighted by Gasteiger charge is 2.10. The number of ketones is 1. The van der Waals surface area contributed by atoms with E-state index in [-0.39, 0.29) is 18.1 Å². The summed E-state index contributed by atoms with van der Waals surface area (Å²) in [5, 5.41) is 4.07. The van der Waals surface area contributed by atoms with E-state index in [0.717, 1.165) is 13.0 Å². The third-order valence-corrected chi connectivity index (χ3v) is 2.83. The van der Waals surface area contributed by atoms with Gasteiger partial charge in [0.05, 0.1) is 0 Å². The van der Waals surface area contributed by atoms with Gasteiger partial charge in [-0.2, -0.15) is 5.10 Å². The van der Waals surface area contributed by atoms with Crippen LogP contribution < -0.4 is 4.74 Å². The summed E-state index contributed by atoms with van der Waals surface area (Å²) in [4.78, 5) is 15.2. The summed E-state index contributed by atoms with van der Waals surface area (Å²) < 4.78 is 20.9. The second-order valence-electron chi connectivity index (χ2n) is 4.39. The first-order chi connectivity index (χ1) is 9.61. The molecule has 0 bridgehead atoms. The number of rotatable bonds is 6. The lowest BCUT2D eigenvalue weighted by Gasteiger charge is -2.08. The molecule has 2 rings (SSSR count). The summed E-state index contributed by atoms with van der Waals surface area (Å²) in [7, 11) is 0. The summed E-state index contributed by atoms with van der Waals surface area (Å²) in [6, 6.07) is 4.17. The smallest absolute Gasteiger partial charge is 0.165 e. The maximum absolute atomic E-state index is 13.8. The number of aryl methyl sites for hydroxylation is 1. The summed E-state index contributed by atoms with van der Waals surface area (Å²) in [6.07, 6.45) is 2.38. The van der Waals surface area contributed by atoms with Crippen LogP contribution in [0.4, 0.5) is 4.39 Å². The number of halogens is 1. The van der Waals surface area contributed by atoms with Crippen LogP contribution in [-0.2, 0) is 13.2 Å².